The van der Waals surface area contributed by atoms with Crippen LogP contribution in [-0.2, 0) is 0 Å². The molecule has 2 aromatic carbocycles. The average molecular weight is 325 g/mol. The van der Waals surface area contributed by atoms with E-state index in [0.717, 1.165) is 22.0 Å². The largest absolute Gasteiger partial charge is 0.463 e. The monoisotopic (exact) mass is 324 g/mol. The zero-order valence-electron chi connectivity index (χ0n) is 12.4. The molecule has 0 saturated heterocycles. The molecule has 4 rings (SSSR count). The summed E-state index contributed by atoms with van der Waals surface area (Å²) in [5.41, 5.74) is 2.47. The van der Waals surface area contributed by atoms with Gasteiger partial charge in [-0.25, -0.2) is 0 Å². The molecule has 5 nitrogen and oxygen atoms in total. The molecule has 2 aromatic heterocycles. The van der Waals surface area contributed by atoms with E-state index in [1.54, 1.807) is 4.52 Å². The van der Waals surface area contributed by atoms with E-state index in [0.29, 0.717) is 23.3 Å². The molecular formula is C17H13ClN4O. The first kappa shape index (κ1) is 14.0. The van der Waals surface area contributed by atoms with Gasteiger partial charge in [0.25, 0.3) is 0 Å². The third-order valence-electron chi connectivity index (χ3n) is 3.61. The Kier molecular flexibility index (Phi) is 3.35. The van der Waals surface area contributed by atoms with Gasteiger partial charge in [0.15, 0.2) is 5.65 Å². The van der Waals surface area contributed by atoms with Gasteiger partial charge < -0.3 is 4.74 Å². The van der Waals surface area contributed by atoms with Crippen molar-refractivity contribution in [1.29, 1.82) is 0 Å². The number of aromatic nitrogens is 4. The molecule has 0 atom stereocenters. The Labute approximate surface area is 137 Å². The fourth-order valence-electron chi connectivity index (χ4n) is 2.61. The number of halogens is 1. The molecule has 23 heavy (non-hydrogen) atoms. The van der Waals surface area contributed by atoms with Gasteiger partial charge in [0, 0.05) is 21.4 Å². The van der Waals surface area contributed by atoms with Crippen molar-refractivity contribution in [3.05, 3.63) is 53.6 Å². The van der Waals surface area contributed by atoms with Gasteiger partial charge in [-0.2, -0.15) is 9.61 Å². The number of nitrogens with zero attached hydrogens (tertiary/aromatic N) is 4. The Morgan fingerprint density at radius 1 is 1.04 bits per heavy atom. The summed E-state index contributed by atoms with van der Waals surface area (Å²) in [5.74, 6) is 0. The SMILES string of the molecule is CCOc1nnc2c3ccc(Cl)cc3c(-c3ccccc3)nn12. The van der Waals surface area contributed by atoms with Crippen LogP contribution >= 0.6 is 11.6 Å². The summed E-state index contributed by atoms with van der Waals surface area (Å²) in [4.78, 5) is 0. The minimum atomic E-state index is 0.386. The van der Waals surface area contributed by atoms with Crippen molar-refractivity contribution in [3.8, 4) is 17.3 Å². The zero-order valence-corrected chi connectivity index (χ0v) is 13.2. The molecule has 0 radical (unpaired) electrons. The highest BCUT2D eigenvalue weighted by atomic mass is 35.5. The number of hydrogen-bond donors (Lipinski definition) is 0. The Morgan fingerprint density at radius 2 is 1.87 bits per heavy atom. The Morgan fingerprint density at radius 3 is 2.65 bits per heavy atom. The Hall–Kier alpha value is -2.66. The van der Waals surface area contributed by atoms with Gasteiger partial charge in [0.2, 0.25) is 0 Å². The number of rotatable bonds is 3. The summed E-state index contributed by atoms with van der Waals surface area (Å²) in [5, 5.41) is 15.5. The fraction of sp³-hybridized carbons (Fsp3) is 0.118. The minimum Gasteiger partial charge on any atom is -0.463 e. The molecule has 114 valence electrons. The predicted octanol–water partition coefficient (Wildman–Crippen LogP) is 4.00. The zero-order chi connectivity index (χ0) is 15.8. The summed E-state index contributed by atoms with van der Waals surface area (Å²) in [6.45, 7) is 2.40. The van der Waals surface area contributed by atoms with E-state index in [9.17, 15) is 0 Å². The highest BCUT2D eigenvalue weighted by Crippen LogP contribution is 2.31. The summed E-state index contributed by atoms with van der Waals surface area (Å²) >= 11 is 6.19. The van der Waals surface area contributed by atoms with Crippen molar-refractivity contribution in [2.24, 2.45) is 0 Å². The summed E-state index contributed by atoms with van der Waals surface area (Å²) in [7, 11) is 0. The molecular weight excluding hydrogens is 312 g/mol. The quantitative estimate of drug-likeness (QED) is 0.571. The van der Waals surface area contributed by atoms with Gasteiger partial charge in [-0.3, -0.25) is 0 Å². The lowest BCUT2D eigenvalue weighted by Crippen LogP contribution is -2.02. The Balaban J connectivity index is 2.12. The second-order valence-corrected chi connectivity index (χ2v) is 5.49. The lowest BCUT2D eigenvalue weighted by molar-refractivity contribution is 0.304. The molecule has 0 spiro atoms. The second kappa shape index (κ2) is 5.52. The van der Waals surface area contributed by atoms with Gasteiger partial charge >= 0.3 is 6.01 Å². The first-order valence-corrected chi connectivity index (χ1v) is 7.68. The van der Waals surface area contributed by atoms with Crippen LogP contribution in [0, 0.1) is 0 Å². The van der Waals surface area contributed by atoms with Crippen LogP contribution in [0.3, 0.4) is 0 Å². The standard InChI is InChI=1S/C17H13ClN4O/c1-2-23-17-20-19-16-13-9-8-12(18)10-14(13)15(21-22(16)17)11-6-4-3-5-7-11/h3-10H,2H2,1H3. The van der Waals surface area contributed by atoms with Crippen molar-refractivity contribution in [2.75, 3.05) is 6.61 Å². The Bertz CT molecular complexity index is 998. The van der Waals surface area contributed by atoms with E-state index >= 15 is 0 Å². The molecule has 0 aliphatic heterocycles. The number of benzene rings is 2. The van der Waals surface area contributed by atoms with Crippen LogP contribution in [0.15, 0.2) is 48.5 Å². The van der Waals surface area contributed by atoms with Crippen LogP contribution in [0.25, 0.3) is 27.7 Å². The second-order valence-electron chi connectivity index (χ2n) is 5.06. The first-order chi connectivity index (χ1) is 11.3. The smallest absolute Gasteiger partial charge is 0.338 e. The molecule has 0 bridgehead atoms. The van der Waals surface area contributed by atoms with Crippen LogP contribution in [0.2, 0.25) is 5.02 Å². The van der Waals surface area contributed by atoms with Gasteiger partial charge in [-0.05, 0) is 25.1 Å². The molecule has 0 aliphatic rings. The molecule has 0 N–H and O–H groups in total. The van der Waals surface area contributed by atoms with Crippen LogP contribution in [0.1, 0.15) is 6.92 Å². The summed E-state index contributed by atoms with van der Waals surface area (Å²) in [6, 6.07) is 16.0. The van der Waals surface area contributed by atoms with Gasteiger partial charge in [0.1, 0.15) is 0 Å². The number of fused-ring (bicyclic) bond motifs is 3. The molecule has 0 aliphatic carbocycles. The highest BCUT2D eigenvalue weighted by Gasteiger charge is 2.16. The van der Waals surface area contributed by atoms with Crippen LogP contribution in [0.5, 0.6) is 6.01 Å². The van der Waals surface area contributed by atoms with Crippen molar-refractivity contribution in [1.82, 2.24) is 19.8 Å². The summed E-state index contributed by atoms with van der Waals surface area (Å²) < 4.78 is 7.16. The lowest BCUT2D eigenvalue weighted by Gasteiger charge is -2.09. The van der Waals surface area contributed by atoms with Crippen LogP contribution < -0.4 is 4.74 Å². The van der Waals surface area contributed by atoms with Crippen molar-refractivity contribution < 1.29 is 4.74 Å². The predicted molar refractivity (Wildman–Crippen MR) is 89.9 cm³/mol. The molecule has 0 fully saturated rings. The molecule has 2 heterocycles. The molecule has 0 saturated carbocycles. The maximum atomic E-state index is 6.19. The van der Waals surface area contributed by atoms with Gasteiger partial charge in [-0.1, -0.05) is 47.0 Å². The lowest BCUT2D eigenvalue weighted by atomic mass is 10.1. The van der Waals surface area contributed by atoms with E-state index in [1.165, 1.54) is 0 Å². The number of hydrogen-bond acceptors (Lipinski definition) is 4. The van der Waals surface area contributed by atoms with Crippen molar-refractivity contribution in [3.63, 3.8) is 0 Å². The topological polar surface area (TPSA) is 52.3 Å². The fourth-order valence-corrected chi connectivity index (χ4v) is 2.79. The first-order valence-electron chi connectivity index (χ1n) is 7.31. The maximum Gasteiger partial charge on any atom is 0.338 e. The van der Waals surface area contributed by atoms with Gasteiger partial charge in [0.05, 0.1) is 12.3 Å². The average Bonchev–Trinajstić information content (AvgIpc) is 2.98. The third-order valence-corrected chi connectivity index (χ3v) is 3.85. The van der Waals surface area contributed by atoms with E-state index in [-0.39, 0.29) is 0 Å². The third kappa shape index (κ3) is 2.29. The number of ether oxygens (including phenoxy) is 1. The van der Waals surface area contributed by atoms with E-state index < -0.39 is 0 Å². The maximum absolute atomic E-state index is 6.19. The molecule has 0 unspecified atom stereocenters. The molecule has 6 heteroatoms. The molecule has 0 amide bonds. The minimum absolute atomic E-state index is 0.386. The highest BCUT2D eigenvalue weighted by molar-refractivity contribution is 6.31. The summed E-state index contributed by atoms with van der Waals surface area (Å²) in [6.07, 6.45) is 0. The molecule has 4 aromatic rings. The van der Waals surface area contributed by atoms with E-state index in [1.807, 2.05) is 55.5 Å². The normalized spacial score (nSPS) is 11.2. The van der Waals surface area contributed by atoms with Crippen molar-refractivity contribution in [2.45, 2.75) is 6.92 Å². The van der Waals surface area contributed by atoms with E-state index in [2.05, 4.69) is 10.2 Å². The van der Waals surface area contributed by atoms with E-state index in [4.69, 9.17) is 21.4 Å². The van der Waals surface area contributed by atoms with Crippen LogP contribution in [-0.4, -0.2) is 26.4 Å². The van der Waals surface area contributed by atoms with Gasteiger partial charge in [-0.15, -0.1) is 5.10 Å². The van der Waals surface area contributed by atoms with Crippen molar-refractivity contribution >= 4 is 28.0 Å². The van der Waals surface area contributed by atoms with Crippen LogP contribution in [0.4, 0.5) is 0 Å².